The average molecular weight is 313 g/mol. The zero-order valence-corrected chi connectivity index (χ0v) is 11.6. The molecule has 9 heteroatoms. The summed E-state index contributed by atoms with van der Waals surface area (Å²) in [5.74, 6) is 0. The van der Waals surface area contributed by atoms with Gasteiger partial charge in [0.1, 0.15) is 11.9 Å². The Balaban J connectivity index is 1.98. The van der Waals surface area contributed by atoms with Crippen molar-refractivity contribution in [2.45, 2.75) is 11.6 Å². The van der Waals surface area contributed by atoms with Gasteiger partial charge in [0.15, 0.2) is 10.2 Å². The highest BCUT2D eigenvalue weighted by atomic mass is 35.5. The first-order valence-electron chi connectivity index (χ1n) is 5.59. The van der Waals surface area contributed by atoms with Crippen molar-refractivity contribution in [2.75, 3.05) is 0 Å². The molecule has 1 N–H and O–H groups in total. The number of imidazole rings is 1. The van der Waals surface area contributed by atoms with Gasteiger partial charge in [0.25, 0.3) is 10.0 Å². The van der Waals surface area contributed by atoms with Gasteiger partial charge in [-0.2, -0.15) is 0 Å². The quantitative estimate of drug-likeness (QED) is 0.787. The highest BCUT2D eigenvalue weighted by Crippen LogP contribution is 2.22. The molecule has 3 heterocycles. The Morgan fingerprint density at radius 1 is 1.35 bits per heavy atom. The highest BCUT2D eigenvalue weighted by molar-refractivity contribution is 7.89. The minimum atomic E-state index is -3.81. The molecule has 0 bridgehead atoms. The largest absolute Gasteiger partial charge is 0.364 e. The maximum absolute atomic E-state index is 12.3. The van der Waals surface area contributed by atoms with E-state index in [0.717, 1.165) is 0 Å². The fourth-order valence-corrected chi connectivity index (χ4v) is 3.39. The summed E-state index contributed by atoms with van der Waals surface area (Å²) in [6, 6.07) is 6.68. The first-order chi connectivity index (χ1) is 9.58. The molecule has 3 aromatic heterocycles. The van der Waals surface area contributed by atoms with E-state index in [-0.39, 0.29) is 16.7 Å². The van der Waals surface area contributed by atoms with Crippen LogP contribution in [0, 0.1) is 0 Å². The summed E-state index contributed by atoms with van der Waals surface area (Å²) in [7, 11) is -3.81. The van der Waals surface area contributed by atoms with Crippen molar-refractivity contribution in [1.82, 2.24) is 19.3 Å². The van der Waals surface area contributed by atoms with E-state index in [1.807, 2.05) is 0 Å². The van der Waals surface area contributed by atoms with Gasteiger partial charge in [-0.15, -0.1) is 0 Å². The molecule has 0 saturated carbocycles. The van der Waals surface area contributed by atoms with Gasteiger partial charge in [0.05, 0.1) is 12.2 Å². The maximum atomic E-state index is 12.3. The maximum Gasteiger partial charge on any atom is 0.260 e. The molecular weight excluding hydrogens is 304 g/mol. The van der Waals surface area contributed by atoms with Crippen LogP contribution in [0.15, 0.2) is 46.3 Å². The van der Waals surface area contributed by atoms with Crippen LogP contribution in [0.1, 0.15) is 5.69 Å². The van der Waals surface area contributed by atoms with E-state index in [4.69, 9.17) is 11.6 Å². The Hall–Kier alpha value is -1.90. The number of nitrogens with one attached hydrogen (secondary N) is 1. The van der Waals surface area contributed by atoms with Crippen molar-refractivity contribution in [3.63, 3.8) is 0 Å². The molecule has 7 nitrogen and oxygen atoms in total. The third kappa shape index (κ3) is 2.28. The highest BCUT2D eigenvalue weighted by Gasteiger charge is 2.24. The van der Waals surface area contributed by atoms with Crippen LogP contribution in [0.2, 0.25) is 5.15 Å². The monoisotopic (exact) mass is 312 g/mol. The van der Waals surface area contributed by atoms with Gasteiger partial charge in [-0.3, -0.25) is 4.40 Å². The van der Waals surface area contributed by atoms with Gasteiger partial charge in [0.2, 0.25) is 0 Å². The third-order valence-electron chi connectivity index (χ3n) is 2.64. The molecule has 0 radical (unpaired) electrons. The lowest BCUT2D eigenvalue weighted by Crippen LogP contribution is -2.25. The van der Waals surface area contributed by atoms with Crippen LogP contribution in [-0.2, 0) is 16.6 Å². The van der Waals surface area contributed by atoms with Crippen LogP contribution in [0.4, 0.5) is 0 Å². The van der Waals surface area contributed by atoms with Crippen molar-refractivity contribution < 1.29 is 12.9 Å². The third-order valence-corrected chi connectivity index (χ3v) is 4.43. The van der Waals surface area contributed by atoms with Crippen molar-refractivity contribution in [2.24, 2.45) is 0 Å². The minimum Gasteiger partial charge on any atom is -0.364 e. The van der Waals surface area contributed by atoms with E-state index in [1.165, 1.54) is 10.7 Å². The van der Waals surface area contributed by atoms with Gasteiger partial charge in [0, 0.05) is 12.3 Å². The van der Waals surface area contributed by atoms with Gasteiger partial charge in [-0.25, -0.2) is 18.1 Å². The predicted molar refractivity (Wildman–Crippen MR) is 70.7 cm³/mol. The molecule has 0 atom stereocenters. The first kappa shape index (κ1) is 13.1. The fourth-order valence-electron chi connectivity index (χ4n) is 1.75. The molecule has 0 amide bonds. The zero-order valence-electron chi connectivity index (χ0n) is 10.0. The topological polar surface area (TPSA) is 89.5 Å². The van der Waals surface area contributed by atoms with Crippen LogP contribution in [0.5, 0.6) is 0 Å². The molecule has 3 rings (SSSR count). The summed E-state index contributed by atoms with van der Waals surface area (Å²) in [6.45, 7) is 0.00916. The average Bonchev–Trinajstić information content (AvgIpc) is 3.02. The number of halogens is 1. The van der Waals surface area contributed by atoms with Crippen molar-refractivity contribution in [3.05, 3.63) is 47.6 Å². The molecule has 0 aromatic carbocycles. The lowest BCUT2D eigenvalue weighted by molar-refractivity contribution is 0.411. The second-order valence-electron chi connectivity index (χ2n) is 3.95. The molecule has 3 aromatic rings. The number of aromatic nitrogens is 3. The molecule has 0 fully saturated rings. The Bertz CT molecular complexity index is 842. The molecule has 0 spiro atoms. The molecule has 0 aliphatic heterocycles. The van der Waals surface area contributed by atoms with Crippen molar-refractivity contribution in [3.8, 4) is 0 Å². The van der Waals surface area contributed by atoms with Crippen LogP contribution in [-0.4, -0.2) is 23.0 Å². The first-order valence-corrected chi connectivity index (χ1v) is 7.45. The van der Waals surface area contributed by atoms with Crippen molar-refractivity contribution in [1.29, 1.82) is 0 Å². The smallest absolute Gasteiger partial charge is 0.260 e. The van der Waals surface area contributed by atoms with E-state index in [9.17, 15) is 8.42 Å². The van der Waals surface area contributed by atoms with Gasteiger partial charge >= 0.3 is 0 Å². The van der Waals surface area contributed by atoms with E-state index in [2.05, 4.69) is 19.4 Å². The molecule has 104 valence electrons. The molecular formula is C11H9ClN4O3S. The van der Waals surface area contributed by atoms with Gasteiger partial charge in [-0.1, -0.05) is 22.8 Å². The second kappa shape index (κ2) is 4.89. The Morgan fingerprint density at radius 3 is 2.95 bits per heavy atom. The van der Waals surface area contributed by atoms with E-state index in [1.54, 1.807) is 30.5 Å². The number of rotatable bonds is 4. The molecule has 0 aliphatic carbocycles. The number of sulfonamides is 1. The fraction of sp³-hybridized carbons (Fsp3) is 0.0909. The second-order valence-corrected chi connectivity index (χ2v) is 5.99. The Kier molecular flexibility index (Phi) is 3.20. The van der Waals surface area contributed by atoms with Crippen LogP contribution >= 0.6 is 11.6 Å². The summed E-state index contributed by atoms with van der Waals surface area (Å²) in [6.07, 6.45) is 2.95. The number of hydrogen-bond donors (Lipinski definition) is 1. The van der Waals surface area contributed by atoms with Crippen LogP contribution in [0.3, 0.4) is 0 Å². The number of hydrogen-bond acceptors (Lipinski definition) is 5. The number of fused-ring (bicyclic) bond motifs is 1. The molecule has 20 heavy (non-hydrogen) atoms. The van der Waals surface area contributed by atoms with E-state index in [0.29, 0.717) is 11.3 Å². The summed E-state index contributed by atoms with van der Waals surface area (Å²) in [4.78, 5) is 4.00. The van der Waals surface area contributed by atoms with Gasteiger partial charge < -0.3 is 4.52 Å². The normalized spacial score (nSPS) is 12.1. The van der Waals surface area contributed by atoms with E-state index < -0.39 is 10.0 Å². The number of pyridine rings is 1. The van der Waals surface area contributed by atoms with Crippen LogP contribution in [0.25, 0.3) is 5.65 Å². The minimum absolute atomic E-state index is 0.00916. The standard InChI is InChI=1S/C11H9ClN4O3S/c12-10-11(16-5-2-1-3-9(16)14-10)20(17,18)13-7-8-4-6-19-15-8/h1-6,13H,7H2. The summed E-state index contributed by atoms with van der Waals surface area (Å²) in [5, 5.41) is 3.45. The Morgan fingerprint density at radius 2 is 2.20 bits per heavy atom. The molecule has 0 saturated heterocycles. The Labute approximate surface area is 119 Å². The molecule has 0 aliphatic rings. The zero-order chi connectivity index (χ0) is 14.2. The summed E-state index contributed by atoms with van der Waals surface area (Å²) < 4.78 is 33.1. The lowest BCUT2D eigenvalue weighted by atomic mass is 10.5. The van der Waals surface area contributed by atoms with Crippen molar-refractivity contribution >= 4 is 27.3 Å². The SMILES string of the molecule is O=S(=O)(NCc1ccon1)c1c(Cl)nc2ccccn12. The van der Waals surface area contributed by atoms with Gasteiger partial charge in [-0.05, 0) is 12.1 Å². The predicted octanol–water partition coefficient (Wildman–Crippen LogP) is 1.45. The summed E-state index contributed by atoms with van der Waals surface area (Å²) >= 11 is 5.93. The molecule has 0 unspecified atom stereocenters. The lowest BCUT2D eigenvalue weighted by Gasteiger charge is -2.05. The summed E-state index contributed by atoms with van der Waals surface area (Å²) in [5.41, 5.74) is 0.929. The number of nitrogens with zero attached hydrogens (tertiary/aromatic N) is 3. The van der Waals surface area contributed by atoms with Crippen LogP contribution < -0.4 is 4.72 Å². The van der Waals surface area contributed by atoms with E-state index >= 15 is 0 Å².